The maximum atomic E-state index is 12.1. The molecule has 3 aromatic rings. The highest BCUT2D eigenvalue weighted by Crippen LogP contribution is 2.28. The zero-order valence-electron chi connectivity index (χ0n) is 15.6. The summed E-state index contributed by atoms with van der Waals surface area (Å²) in [7, 11) is 1.57. The number of amides is 1. The molecule has 0 aliphatic carbocycles. The number of ether oxygens (including phenoxy) is 2. The van der Waals surface area contributed by atoms with Gasteiger partial charge in [-0.25, -0.2) is 5.43 Å². The molecule has 0 saturated carbocycles. The summed E-state index contributed by atoms with van der Waals surface area (Å²) in [5.41, 5.74) is 4.67. The van der Waals surface area contributed by atoms with Crippen LogP contribution in [0.1, 0.15) is 21.5 Å². The second-order valence-electron chi connectivity index (χ2n) is 6.03. The second-order valence-corrected chi connectivity index (χ2v) is 6.90. The lowest BCUT2D eigenvalue weighted by Crippen LogP contribution is -2.17. The van der Waals surface area contributed by atoms with Crippen LogP contribution in [0.3, 0.4) is 0 Å². The molecule has 0 spiro atoms. The summed E-state index contributed by atoms with van der Waals surface area (Å²) in [4.78, 5) is 12.1. The van der Waals surface area contributed by atoms with Crippen LogP contribution < -0.4 is 14.9 Å². The van der Waals surface area contributed by atoms with Gasteiger partial charge in [0.2, 0.25) is 0 Å². The van der Waals surface area contributed by atoms with Crippen molar-refractivity contribution >= 4 is 35.3 Å². The van der Waals surface area contributed by atoms with Crippen LogP contribution in [0.4, 0.5) is 0 Å². The van der Waals surface area contributed by atoms with Crippen LogP contribution in [0, 0.1) is 0 Å². The van der Waals surface area contributed by atoms with Crippen LogP contribution in [0.5, 0.6) is 11.5 Å². The summed E-state index contributed by atoms with van der Waals surface area (Å²) < 4.78 is 11.2. The Labute approximate surface area is 178 Å². The molecule has 3 rings (SSSR count). The number of hydrogen-bond donors (Lipinski definition) is 1. The maximum Gasteiger partial charge on any atom is 0.271 e. The van der Waals surface area contributed by atoms with Crippen LogP contribution >= 0.6 is 23.2 Å². The minimum absolute atomic E-state index is 0.328. The number of nitrogens with one attached hydrogen (secondary N) is 1. The first-order chi connectivity index (χ1) is 14.0. The molecule has 0 aliphatic heterocycles. The molecular weight excluding hydrogens is 411 g/mol. The Morgan fingerprint density at radius 2 is 1.62 bits per heavy atom. The fraction of sp³-hybridized carbons (Fsp3) is 0.0909. The predicted octanol–water partition coefficient (Wildman–Crippen LogP) is 5.34. The van der Waals surface area contributed by atoms with E-state index in [-0.39, 0.29) is 5.91 Å². The predicted molar refractivity (Wildman–Crippen MR) is 115 cm³/mol. The summed E-state index contributed by atoms with van der Waals surface area (Å²) in [5.74, 6) is 0.836. The Balaban J connectivity index is 1.65. The van der Waals surface area contributed by atoms with E-state index in [0.29, 0.717) is 33.7 Å². The SMILES string of the molecule is COc1ccc(/C=N/NC(=O)c2ccc(Cl)cc2)cc1OCc1ccc(Cl)cc1. The molecule has 1 amide bonds. The molecule has 0 aromatic heterocycles. The average molecular weight is 429 g/mol. The molecule has 0 saturated heterocycles. The highest BCUT2D eigenvalue weighted by atomic mass is 35.5. The van der Waals surface area contributed by atoms with E-state index in [1.54, 1.807) is 43.5 Å². The van der Waals surface area contributed by atoms with Crippen molar-refractivity contribution in [2.24, 2.45) is 5.10 Å². The van der Waals surface area contributed by atoms with Crippen molar-refractivity contribution in [3.05, 3.63) is 93.5 Å². The smallest absolute Gasteiger partial charge is 0.271 e. The van der Waals surface area contributed by atoms with Crippen molar-refractivity contribution in [3.63, 3.8) is 0 Å². The van der Waals surface area contributed by atoms with Gasteiger partial charge in [-0.05, 0) is 65.7 Å². The van der Waals surface area contributed by atoms with E-state index < -0.39 is 0 Å². The van der Waals surface area contributed by atoms with Gasteiger partial charge in [-0.3, -0.25) is 4.79 Å². The molecule has 0 atom stereocenters. The molecule has 0 aliphatic rings. The van der Waals surface area contributed by atoms with E-state index >= 15 is 0 Å². The Bertz CT molecular complexity index is 1000. The molecule has 148 valence electrons. The first-order valence-corrected chi connectivity index (χ1v) is 9.45. The number of carbonyl (C=O) groups excluding carboxylic acids is 1. The number of hydrogen-bond acceptors (Lipinski definition) is 4. The molecule has 7 heteroatoms. The second kappa shape index (κ2) is 9.96. The van der Waals surface area contributed by atoms with E-state index in [9.17, 15) is 4.79 Å². The van der Waals surface area contributed by atoms with E-state index in [2.05, 4.69) is 10.5 Å². The molecular formula is C22H18Cl2N2O3. The Hall–Kier alpha value is -3.02. The molecule has 1 N–H and O–H groups in total. The number of benzene rings is 3. The number of methoxy groups -OCH3 is 1. The molecule has 29 heavy (non-hydrogen) atoms. The number of rotatable bonds is 7. The molecule has 0 fully saturated rings. The van der Waals surface area contributed by atoms with Gasteiger partial charge >= 0.3 is 0 Å². The Kier molecular flexibility index (Phi) is 7.11. The van der Waals surface area contributed by atoms with Crippen molar-refractivity contribution < 1.29 is 14.3 Å². The first kappa shape index (κ1) is 20.7. The lowest BCUT2D eigenvalue weighted by molar-refractivity contribution is 0.0955. The molecule has 0 bridgehead atoms. The standard InChI is InChI=1S/C22H18Cl2N2O3/c1-28-20-11-4-16(12-21(20)29-14-15-2-7-18(23)8-3-15)13-25-26-22(27)17-5-9-19(24)10-6-17/h2-13H,14H2,1H3,(H,26,27)/b25-13+. The van der Waals surface area contributed by atoms with E-state index in [1.165, 1.54) is 6.21 Å². The third-order valence-corrected chi connectivity index (χ3v) is 4.49. The third-order valence-electron chi connectivity index (χ3n) is 3.98. The largest absolute Gasteiger partial charge is 0.493 e. The summed E-state index contributed by atoms with van der Waals surface area (Å²) in [5, 5.41) is 5.23. The Morgan fingerprint density at radius 1 is 0.966 bits per heavy atom. The zero-order valence-corrected chi connectivity index (χ0v) is 17.1. The lowest BCUT2D eigenvalue weighted by atomic mass is 10.2. The van der Waals surface area contributed by atoms with Crippen LogP contribution in [0.15, 0.2) is 71.8 Å². The fourth-order valence-electron chi connectivity index (χ4n) is 2.46. The van der Waals surface area contributed by atoms with Gasteiger partial charge in [0, 0.05) is 15.6 Å². The normalized spacial score (nSPS) is 10.7. The highest BCUT2D eigenvalue weighted by molar-refractivity contribution is 6.30. The lowest BCUT2D eigenvalue weighted by Gasteiger charge is -2.11. The summed E-state index contributed by atoms with van der Waals surface area (Å²) in [6.45, 7) is 0.363. The van der Waals surface area contributed by atoms with Gasteiger partial charge in [-0.1, -0.05) is 35.3 Å². The van der Waals surface area contributed by atoms with Gasteiger partial charge in [-0.15, -0.1) is 0 Å². The topological polar surface area (TPSA) is 59.9 Å². The van der Waals surface area contributed by atoms with Gasteiger partial charge in [0.1, 0.15) is 6.61 Å². The van der Waals surface area contributed by atoms with E-state index in [1.807, 2.05) is 30.3 Å². The minimum Gasteiger partial charge on any atom is -0.493 e. The number of nitrogens with zero attached hydrogens (tertiary/aromatic N) is 1. The molecule has 3 aromatic carbocycles. The fourth-order valence-corrected chi connectivity index (χ4v) is 2.71. The van der Waals surface area contributed by atoms with Gasteiger partial charge in [0.05, 0.1) is 13.3 Å². The quantitative estimate of drug-likeness (QED) is 0.407. The average Bonchev–Trinajstić information content (AvgIpc) is 2.74. The minimum atomic E-state index is -0.328. The van der Waals surface area contributed by atoms with E-state index in [0.717, 1.165) is 11.1 Å². The van der Waals surface area contributed by atoms with Gasteiger partial charge < -0.3 is 9.47 Å². The number of carbonyl (C=O) groups is 1. The molecule has 0 radical (unpaired) electrons. The van der Waals surface area contributed by atoms with Crippen LogP contribution in [0.2, 0.25) is 10.0 Å². The van der Waals surface area contributed by atoms with Crippen LogP contribution in [-0.2, 0) is 6.61 Å². The van der Waals surface area contributed by atoms with Crippen molar-refractivity contribution in [1.29, 1.82) is 0 Å². The molecule has 0 unspecified atom stereocenters. The number of hydrazone groups is 1. The van der Waals surface area contributed by atoms with Crippen LogP contribution in [-0.4, -0.2) is 19.2 Å². The van der Waals surface area contributed by atoms with Crippen molar-refractivity contribution in [2.75, 3.05) is 7.11 Å². The molecule has 5 nitrogen and oxygen atoms in total. The highest BCUT2D eigenvalue weighted by Gasteiger charge is 2.07. The first-order valence-electron chi connectivity index (χ1n) is 8.69. The van der Waals surface area contributed by atoms with Gasteiger partial charge in [0.15, 0.2) is 11.5 Å². The van der Waals surface area contributed by atoms with Crippen molar-refractivity contribution in [1.82, 2.24) is 5.43 Å². The van der Waals surface area contributed by atoms with Crippen molar-refractivity contribution in [2.45, 2.75) is 6.61 Å². The van der Waals surface area contributed by atoms with Crippen LogP contribution in [0.25, 0.3) is 0 Å². The van der Waals surface area contributed by atoms with E-state index in [4.69, 9.17) is 32.7 Å². The summed E-state index contributed by atoms with van der Waals surface area (Å²) in [6, 6.07) is 19.3. The van der Waals surface area contributed by atoms with Gasteiger partial charge in [-0.2, -0.15) is 5.10 Å². The summed E-state index contributed by atoms with van der Waals surface area (Å²) >= 11 is 11.7. The Morgan fingerprint density at radius 3 is 2.28 bits per heavy atom. The van der Waals surface area contributed by atoms with Gasteiger partial charge in [0.25, 0.3) is 5.91 Å². The monoisotopic (exact) mass is 428 g/mol. The zero-order chi connectivity index (χ0) is 20.6. The maximum absolute atomic E-state index is 12.1. The molecule has 0 heterocycles. The number of halogens is 2. The summed E-state index contributed by atoms with van der Waals surface area (Å²) in [6.07, 6.45) is 1.53. The third kappa shape index (κ3) is 5.98. The van der Waals surface area contributed by atoms with Crippen molar-refractivity contribution in [3.8, 4) is 11.5 Å².